The lowest BCUT2D eigenvalue weighted by molar-refractivity contribution is -0.0593. The van der Waals surface area contributed by atoms with Crippen molar-refractivity contribution < 1.29 is 9.53 Å². The maximum Gasteiger partial charge on any atom is 0.251 e. The fourth-order valence-electron chi connectivity index (χ4n) is 1.94. The molecule has 3 rings (SSSR count). The number of amides is 1. The molecule has 1 aromatic carbocycles. The van der Waals surface area contributed by atoms with Gasteiger partial charge in [0, 0.05) is 17.0 Å². The maximum atomic E-state index is 12.0. The molecule has 0 aromatic heterocycles. The highest BCUT2D eigenvalue weighted by molar-refractivity contribution is 5.94. The van der Waals surface area contributed by atoms with Gasteiger partial charge in [-0.25, -0.2) is 0 Å². The predicted molar refractivity (Wildman–Crippen MR) is 72.7 cm³/mol. The molecule has 0 bridgehead atoms. The van der Waals surface area contributed by atoms with E-state index in [1.165, 1.54) is 12.8 Å². The van der Waals surface area contributed by atoms with Gasteiger partial charge in [-0.3, -0.25) is 4.79 Å². The highest BCUT2D eigenvalue weighted by Crippen LogP contribution is 2.27. The molecule has 1 aromatic rings. The molecule has 0 unspecified atom stereocenters. The van der Waals surface area contributed by atoms with Crippen LogP contribution >= 0.6 is 0 Å². The van der Waals surface area contributed by atoms with E-state index >= 15 is 0 Å². The van der Waals surface area contributed by atoms with Gasteiger partial charge in [-0.1, -0.05) is 11.8 Å². The first-order valence-electron chi connectivity index (χ1n) is 6.67. The molecule has 0 spiro atoms. The molecule has 3 nitrogen and oxygen atoms in total. The van der Waals surface area contributed by atoms with E-state index in [9.17, 15) is 4.79 Å². The SMILES string of the molecule is CC1(NC(=O)c2ccc(C#CC3CC3)cc2)COC1. The predicted octanol–water partition coefficient (Wildman–Crippen LogP) is 1.97. The monoisotopic (exact) mass is 255 g/mol. The minimum Gasteiger partial charge on any atom is -0.376 e. The third-order valence-electron chi connectivity index (χ3n) is 3.40. The van der Waals surface area contributed by atoms with Crippen LogP contribution in [0.4, 0.5) is 0 Å². The molecule has 0 radical (unpaired) electrons. The van der Waals surface area contributed by atoms with Crippen molar-refractivity contribution >= 4 is 5.91 Å². The van der Waals surface area contributed by atoms with Gasteiger partial charge in [0.15, 0.2) is 0 Å². The van der Waals surface area contributed by atoms with Crippen LogP contribution in [0.3, 0.4) is 0 Å². The summed E-state index contributed by atoms with van der Waals surface area (Å²) in [7, 11) is 0. The third kappa shape index (κ3) is 2.97. The van der Waals surface area contributed by atoms with Gasteiger partial charge in [-0.2, -0.15) is 0 Å². The van der Waals surface area contributed by atoms with Crippen LogP contribution in [0.15, 0.2) is 24.3 Å². The van der Waals surface area contributed by atoms with Gasteiger partial charge in [0.1, 0.15) is 0 Å². The first-order chi connectivity index (χ1) is 9.15. The molecule has 0 atom stereocenters. The van der Waals surface area contributed by atoms with Crippen LogP contribution in [0.2, 0.25) is 0 Å². The Hall–Kier alpha value is -1.79. The van der Waals surface area contributed by atoms with Crippen molar-refractivity contribution in [2.24, 2.45) is 5.92 Å². The number of hydrogen-bond donors (Lipinski definition) is 1. The van der Waals surface area contributed by atoms with Crippen molar-refractivity contribution in [2.45, 2.75) is 25.3 Å². The maximum absolute atomic E-state index is 12.0. The van der Waals surface area contributed by atoms with Crippen molar-refractivity contribution in [2.75, 3.05) is 13.2 Å². The summed E-state index contributed by atoms with van der Waals surface area (Å²) in [5, 5.41) is 2.99. The third-order valence-corrected chi connectivity index (χ3v) is 3.40. The number of hydrogen-bond acceptors (Lipinski definition) is 2. The summed E-state index contributed by atoms with van der Waals surface area (Å²) in [6.07, 6.45) is 2.46. The van der Waals surface area contributed by atoms with Crippen LogP contribution in [-0.2, 0) is 4.74 Å². The van der Waals surface area contributed by atoms with Crippen LogP contribution in [0, 0.1) is 17.8 Å². The van der Waals surface area contributed by atoms with E-state index in [0.717, 1.165) is 5.56 Å². The Kier molecular flexibility index (Phi) is 3.04. The molecule has 1 N–H and O–H groups in total. The lowest BCUT2D eigenvalue weighted by Gasteiger charge is -2.38. The Morgan fingerprint density at radius 1 is 1.32 bits per heavy atom. The number of carbonyl (C=O) groups is 1. The summed E-state index contributed by atoms with van der Waals surface area (Å²) >= 11 is 0. The Balaban J connectivity index is 1.64. The molecule has 1 amide bonds. The molecule has 1 aliphatic carbocycles. The molecule has 19 heavy (non-hydrogen) atoms. The van der Waals surface area contributed by atoms with E-state index < -0.39 is 0 Å². The van der Waals surface area contributed by atoms with Gasteiger partial charge in [0.25, 0.3) is 5.91 Å². The van der Waals surface area contributed by atoms with Crippen molar-refractivity contribution in [3.05, 3.63) is 35.4 Å². The van der Waals surface area contributed by atoms with Gasteiger partial charge in [0.05, 0.1) is 18.8 Å². The summed E-state index contributed by atoms with van der Waals surface area (Å²) in [6, 6.07) is 7.47. The quantitative estimate of drug-likeness (QED) is 0.820. The molecule has 2 aliphatic rings. The Morgan fingerprint density at radius 3 is 2.53 bits per heavy atom. The first kappa shape index (κ1) is 12.3. The van der Waals surface area contributed by atoms with Crippen LogP contribution in [0.25, 0.3) is 0 Å². The summed E-state index contributed by atoms with van der Waals surface area (Å²) in [4.78, 5) is 12.0. The molecule has 3 heteroatoms. The molecular formula is C16H17NO2. The summed E-state index contributed by atoms with van der Waals surface area (Å²) in [5.41, 5.74) is 1.44. The zero-order valence-corrected chi connectivity index (χ0v) is 11.0. The van der Waals surface area contributed by atoms with Crippen molar-refractivity contribution in [1.29, 1.82) is 0 Å². The summed E-state index contributed by atoms with van der Waals surface area (Å²) in [5.74, 6) is 6.90. The molecule has 1 aliphatic heterocycles. The van der Waals surface area contributed by atoms with Gasteiger partial charge < -0.3 is 10.1 Å². The highest BCUT2D eigenvalue weighted by atomic mass is 16.5. The largest absolute Gasteiger partial charge is 0.376 e. The first-order valence-corrected chi connectivity index (χ1v) is 6.67. The molecule has 1 heterocycles. The van der Waals surface area contributed by atoms with Gasteiger partial charge in [0.2, 0.25) is 0 Å². The van der Waals surface area contributed by atoms with Crippen molar-refractivity contribution in [1.82, 2.24) is 5.32 Å². The molecule has 98 valence electrons. The number of nitrogens with one attached hydrogen (secondary N) is 1. The van der Waals surface area contributed by atoms with Crippen LogP contribution in [-0.4, -0.2) is 24.7 Å². The normalized spacial score (nSPS) is 19.8. The van der Waals surface area contributed by atoms with E-state index in [1.807, 2.05) is 31.2 Å². The van der Waals surface area contributed by atoms with Gasteiger partial charge >= 0.3 is 0 Å². The standard InChI is InChI=1S/C16H17NO2/c1-16(10-19-11-16)17-15(18)14-8-6-13(7-9-14)5-4-12-2-3-12/h6-9,12H,2-3,10-11H2,1H3,(H,17,18). The van der Waals surface area contributed by atoms with Gasteiger partial charge in [-0.15, -0.1) is 0 Å². The van der Waals surface area contributed by atoms with E-state index in [1.54, 1.807) is 0 Å². The fraction of sp³-hybridized carbons (Fsp3) is 0.438. The lowest BCUT2D eigenvalue weighted by atomic mass is 10.00. The topological polar surface area (TPSA) is 38.3 Å². The van der Waals surface area contributed by atoms with E-state index in [0.29, 0.717) is 24.7 Å². The zero-order chi connectivity index (χ0) is 13.3. The molecule has 1 saturated heterocycles. The molecule has 2 fully saturated rings. The summed E-state index contributed by atoms with van der Waals surface area (Å²) in [6.45, 7) is 3.16. The minimum atomic E-state index is -0.207. The Bertz CT molecular complexity index is 542. The summed E-state index contributed by atoms with van der Waals surface area (Å²) < 4.78 is 5.12. The second-order valence-corrected chi connectivity index (χ2v) is 5.63. The number of ether oxygens (including phenoxy) is 1. The van der Waals surface area contributed by atoms with Gasteiger partial charge in [-0.05, 0) is 44.0 Å². The molecule has 1 saturated carbocycles. The zero-order valence-electron chi connectivity index (χ0n) is 11.0. The van der Waals surface area contributed by atoms with Crippen molar-refractivity contribution in [3.8, 4) is 11.8 Å². The van der Waals surface area contributed by atoms with Crippen LogP contribution in [0.1, 0.15) is 35.7 Å². The average Bonchev–Trinajstić information content (AvgIpc) is 3.19. The van der Waals surface area contributed by atoms with Crippen LogP contribution in [0.5, 0.6) is 0 Å². The minimum absolute atomic E-state index is 0.0486. The number of benzene rings is 1. The average molecular weight is 255 g/mol. The second kappa shape index (κ2) is 4.71. The smallest absolute Gasteiger partial charge is 0.251 e. The fourth-order valence-corrected chi connectivity index (χ4v) is 1.94. The van der Waals surface area contributed by atoms with E-state index in [4.69, 9.17) is 4.74 Å². The second-order valence-electron chi connectivity index (χ2n) is 5.63. The highest BCUT2D eigenvalue weighted by Gasteiger charge is 2.34. The number of rotatable bonds is 2. The van der Waals surface area contributed by atoms with Crippen molar-refractivity contribution in [3.63, 3.8) is 0 Å². The van der Waals surface area contributed by atoms with E-state index in [-0.39, 0.29) is 11.4 Å². The lowest BCUT2D eigenvalue weighted by Crippen LogP contribution is -2.59. The Labute approximate surface area is 113 Å². The number of carbonyl (C=O) groups excluding carboxylic acids is 1. The Morgan fingerprint density at radius 2 is 2.00 bits per heavy atom. The van der Waals surface area contributed by atoms with Crippen LogP contribution < -0.4 is 5.32 Å². The van der Waals surface area contributed by atoms with E-state index in [2.05, 4.69) is 17.2 Å². The molecular weight excluding hydrogens is 238 g/mol.